The van der Waals surface area contributed by atoms with Gasteiger partial charge in [0.25, 0.3) is 0 Å². The first-order chi connectivity index (χ1) is 8.14. The van der Waals surface area contributed by atoms with Crippen molar-refractivity contribution in [3.63, 3.8) is 0 Å². The summed E-state index contributed by atoms with van der Waals surface area (Å²) >= 11 is 0. The molecular weight excluding hydrogens is 216 g/mol. The topological polar surface area (TPSA) is 52.6 Å². The molecule has 0 fully saturated rings. The number of nitrogens with zero attached hydrogens (tertiary/aromatic N) is 1. The van der Waals surface area contributed by atoms with Crippen LogP contribution in [0.15, 0.2) is 0 Å². The minimum atomic E-state index is -0.0403. The Labute approximate surface area is 105 Å². The van der Waals surface area contributed by atoms with Crippen LogP contribution in [0.1, 0.15) is 53.4 Å². The lowest BCUT2D eigenvalue weighted by Crippen LogP contribution is -2.49. The first-order valence-electron chi connectivity index (χ1n) is 6.82. The van der Waals surface area contributed by atoms with Crippen LogP contribution in [0.5, 0.6) is 0 Å². The Balaban J connectivity index is 4.52. The SMILES string of the molecule is CCC(CC)NC(=O)N(CCO)C(CC)CC. The molecule has 4 heteroatoms. The number of amides is 2. The standard InChI is InChI=1S/C13H28N2O2/c1-5-11(6-2)14-13(17)15(9-10-16)12(7-3)8-4/h11-12,16H,5-10H2,1-4H3,(H,14,17). The maximum absolute atomic E-state index is 12.1. The molecule has 17 heavy (non-hydrogen) atoms. The summed E-state index contributed by atoms with van der Waals surface area (Å²) in [5, 5.41) is 12.1. The van der Waals surface area contributed by atoms with Gasteiger partial charge in [0.1, 0.15) is 0 Å². The van der Waals surface area contributed by atoms with Crippen LogP contribution in [0, 0.1) is 0 Å². The molecule has 0 atom stereocenters. The zero-order valence-corrected chi connectivity index (χ0v) is 11.7. The lowest BCUT2D eigenvalue weighted by molar-refractivity contribution is 0.144. The molecule has 102 valence electrons. The monoisotopic (exact) mass is 244 g/mol. The van der Waals surface area contributed by atoms with E-state index in [-0.39, 0.29) is 24.7 Å². The smallest absolute Gasteiger partial charge is 0.317 e. The molecule has 2 amide bonds. The molecule has 0 aromatic carbocycles. The van der Waals surface area contributed by atoms with Crippen molar-refractivity contribution in [3.8, 4) is 0 Å². The van der Waals surface area contributed by atoms with Crippen LogP contribution in [0.4, 0.5) is 4.79 Å². The molecule has 4 nitrogen and oxygen atoms in total. The molecule has 0 saturated carbocycles. The highest BCUT2D eigenvalue weighted by molar-refractivity contribution is 5.74. The number of hydrogen-bond acceptors (Lipinski definition) is 2. The number of urea groups is 1. The van der Waals surface area contributed by atoms with Crippen molar-refractivity contribution in [2.75, 3.05) is 13.2 Å². The van der Waals surface area contributed by atoms with E-state index in [0.29, 0.717) is 6.54 Å². The first-order valence-corrected chi connectivity index (χ1v) is 6.82. The third-order valence-corrected chi connectivity index (χ3v) is 3.30. The molecular formula is C13H28N2O2. The molecule has 0 aromatic rings. The van der Waals surface area contributed by atoms with Crippen LogP contribution in [-0.4, -0.2) is 41.3 Å². The lowest BCUT2D eigenvalue weighted by Gasteiger charge is -2.31. The van der Waals surface area contributed by atoms with Gasteiger partial charge in [-0.3, -0.25) is 0 Å². The van der Waals surface area contributed by atoms with Crippen LogP contribution in [0.2, 0.25) is 0 Å². The molecule has 0 radical (unpaired) electrons. The second kappa shape index (κ2) is 9.28. The maximum Gasteiger partial charge on any atom is 0.317 e. The van der Waals surface area contributed by atoms with Gasteiger partial charge in [-0.1, -0.05) is 27.7 Å². The molecule has 0 aliphatic heterocycles. The summed E-state index contributed by atoms with van der Waals surface area (Å²) in [7, 11) is 0. The number of hydrogen-bond donors (Lipinski definition) is 2. The number of carbonyl (C=O) groups excluding carboxylic acids is 1. The van der Waals surface area contributed by atoms with Crippen LogP contribution < -0.4 is 5.32 Å². The molecule has 0 spiro atoms. The summed E-state index contributed by atoms with van der Waals surface area (Å²) in [4.78, 5) is 13.9. The predicted octanol–water partition coefficient (Wildman–Crippen LogP) is 2.37. The number of rotatable bonds is 8. The fraction of sp³-hybridized carbons (Fsp3) is 0.923. The predicted molar refractivity (Wildman–Crippen MR) is 71.1 cm³/mol. The van der Waals surface area contributed by atoms with Crippen LogP contribution in [-0.2, 0) is 0 Å². The summed E-state index contributed by atoms with van der Waals surface area (Å²) in [6.07, 6.45) is 3.73. The number of carbonyl (C=O) groups is 1. The number of aliphatic hydroxyl groups excluding tert-OH is 1. The van der Waals surface area contributed by atoms with Gasteiger partial charge in [-0.2, -0.15) is 0 Å². The van der Waals surface area contributed by atoms with Crippen LogP contribution in [0.3, 0.4) is 0 Å². The van der Waals surface area contributed by atoms with Gasteiger partial charge >= 0.3 is 6.03 Å². The van der Waals surface area contributed by atoms with E-state index in [1.54, 1.807) is 4.90 Å². The molecule has 0 heterocycles. The Morgan fingerprint density at radius 3 is 2.00 bits per heavy atom. The molecule has 0 aliphatic rings. The maximum atomic E-state index is 12.1. The summed E-state index contributed by atoms with van der Waals surface area (Å²) in [6, 6.07) is 0.413. The van der Waals surface area contributed by atoms with Gasteiger partial charge in [-0.15, -0.1) is 0 Å². The second-order valence-corrected chi connectivity index (χ2v) is 4.35. The quantitative estimate of drug-likeness (QED) is 0.688. The van der Waals surface area contributed by atoms with Gasteiger partial charge in [-0.05, 0) is 25.7 Å². The Hall–Kier alpha value is -0.770. The van der Waals surface area contributed by atoms with E-state index >= 15 is 0 Å². The fourth-order valence-corrected chi connectivity index (χ4v) is 2.04. The minimum absolute atomic E-state index is 0.0207. The molecule has 0 aliphatic carbocycles. The van der Waals surface area contributed by atoms with Gasteiger partial charge in [0.15, 0.2) is 0 Å². The Morgan fingerprint density at radius 2 is 1.65 bits per heavy atom. The van der Waals surface area contributed by atoms with Crippen LogP contribution >= 0.6 is 0 Å². The van der Waals surface area contributed by atoms with Gasteiger partial charge in [0.2, 0.25) is 0 Å². The third kappa shape index (κ3) is 5.39. The van der Waals surface area contributed by atoms with Crippen LogP contribution in [0.25, 0.3) is 0 Å². The molecule has 0 unspecified atom stereocenters. The van der Waals surface area contributed by atoms with Crippen molar-refractivity contribution in [1.82, 2.24) is 10.2 Å². The van der Waals surface area contributed by atoms with E-state index in [2.05, 4.69) is 33.0 Å². The van der Waals surface area contributed by atoms with E-state index in [1.165, 1.54) is 0 Å². The lowest BCUT2D eigenvalue weighted by atomic mass is 10.1. The minimum Gasteiger partial charge on any atom is -0.395 e. The van der Waals surface area contributed by atoms with Gasteiger partial charge in [0, 0.05) is 18.6 Å². The molecule has 0 rings (SSSR count). The van der Waals surface area contributed by atoms with E-state index < -0.39 is 0 Å². The summed E-state index contributed by atoms with van der Waals surface area (Å²) in [5.41, 5.74) is 0. The molecule has 2 N–H and O–H groups in total. The molecule has 0 saturated heterocycles. The highest BCUT2D eigenvalue weighted by atomic mass is 16.3. The van der Waals surface area contributed by atoms with E-state index in [4.69, 9.17) is 5.11 Å². The van der Waals surface area contributed by atoms with E-state index in [9.17, 15) is 4.79 Å². The van der Waals surface area contributed by atoms with Gasteiger partial charge < -0.3 is 15.3 Å². The van der Waals surface area contributed by atoms with Crippen molar-refractivity contribution in [3.05, 3.63) is 0 Å². The average molecular weight is 244 g/mol. The van der Waals surface area contributed by atoms with Crippen molar-refractivity contribution < 1.29 is 9.90 Å². The largest absolute Gasteiger partial charge is 0.395 e. The van der Waals surface area contributed by atoms with Gasteiger partial charge in [-0.25, -0.2) is 4.79 Å². The normalized spacial score (nSPS) is 11.0. The first kappa shape index (κ1) is 16.2. The average Bonchev–Trinajstić information content (AvgIpc) is 2.35. The zero-order chi connectivity index (χ0) is 13.3. The second-order valence-electron chi connectivity index (χ2n) is 4.35. The van der Waals surface area contributed by atoms with Crippen molar-refractivity contribution in [1.29, 1.82) is 0 Å². The Bertz CT molecular complexity index is 202. The molecule has 0 aromatic heterocycles. The highest BCUT2D eigenvalue weighted by Crippen LogP contribution is 2.09. The zero-order valence-electron chi connectivity index (χ0n) is 11.7. The van der Waals surface area contributed by atoms with E-state index in [1.807, 2.05) is 0 Å². The summed E-state index contributed by atoms with van der Waals surface area (Å²) in [5.74, 6) is 0. The Morgan fingerprint density at radius 1 is 1.12 bits per heavy atom. The molecule has 0 bridgehead atoms. The Kier molecular flexibility index (Phi) is 8.86. The fourth-order valence-electron chi connectivity index (χ4n) is 2.04. The third-order valence-electron chi connectivity index (χ3n) is 3.30. The number of nitrogens with one attached hydrogen (secondary N) is 1. The van der Waals surface area contributed by atoms with Crippen molar-refractivity contribution in [2.24, 2.45) is 0 Å². The summed E-state index contributed by atoms with van der Waals surface area (Å²) < 4.78 is 0. The highest BCUT2D eigenvalue weighted by Gasteiger charge is 2.21. The van der Waals surface area contributed by atoms with E-state index in [0.717, 1.165) is 25.7 Å². The number of aliphatic hydroxyl groups is 1. The summed E-state index contributed by atoms with van der Waals surface area (Å²) in [6.45, 7) is 8.72. The van der Waals surface area contributed by atoms with Crippen molar-refractivity contribution >= 4 is 6.03 Å². The van der Waals surface area contributed by atoms with Crippen molar-refractivity contribution in [2.45, 2.75) is 65.5 Å². The van der Waals surface area contributed by atoms with Gasteiger partial charge in [0.05, 0.1) is 6.61 Å².